The highest BCUT2D eigenvalue weighted by molar-refractivity contribution is 7.07. The van der Waals surface area contributed by atoms with Crippen molar-refractivity contribution < 1.29 is 22.3 Å². The summed E-state index contributed by atoms with van der Waals surface area (Å²) in [4.78, 5) is 0. The summed E-state index contributed by atoms with van der Waals surface area (Å²) >= 11 is 1.41. The fourth-order valence-corrected chi connectivity index (χ4v) is 1.69. The van der Waals surface area contributed by atoms with Crippen LogP contribution >= 0.6 is 11.3 Å². The molecule has 0 bridgehead atoms. The Morgan fingerprint density at radius 2 is 2.12 bits per heavy atom. The Balaban J connectivity index is 2.31. The van der Waals surface area contributed by atoms with E-state index in [-0.39, 0.29) is 6.61 Å². The molecule has 0 aliphatic heterocycles. The van der Waals surface area contributed by atoms with E-state index in [2.05, 4.69) is 4.74 Å². The Hall–Kier alpha value is -0.660. The molecule has 1 aromatic rings. The van der Waals surface area contributed by atoms with Crippen molar-refractivity contribution in [3.8, 4) is 0 Å². The van der Waals surface area contributed by atoms with Gasteiger partial charge in [-0.1, -0.05) is 0 Å². The molecule has 1 aromatic heterocycles. The quantitative estimate of drug-likeness (QED) is 0.795. The first kappa shape index (κ1) is 13.4. The SMILES string of the molecule is NC(COCC(F)(F)C(F)F)c1ccsc1. The highest BCUT2D eigenvalue weighted by Crippen LogP contribution is 2.23. The van der Waals surface area contributed by atoms with E-state index in [1.807, 2.05) is 0 Å². The zero-order valence-electron chi connectivity index (χ0n) is 8.21. The van der Waals surface area contributed by atoms with Crippen LogP contribution in [0.5, 0.6) is 0 Å². The van der Waals surface area contributed by atoms with Crippen molar-refractivity contribution in [1.82, 2.24) is 0 Å². The second-order valence-electron chi connectivity index (χ2n) is 3.24. The number of ether oxygens (including phenoxy) is 1. The number of alkyl halides is 4. The summed E-state index contributed by atoms with van der Waals surface area (Å²) in [5.41, 5.74) is 6.34. The largest absolute Gasteiger partial charge is 0.373 e. The van der Waals surface area contributed by atoms with Gasteiger partial charge in [0.15, 0.2) is 0 Å². The Bertz CT molecular complexity index is 304. The first-order chi connectivity index (χ1) is 7.43. The highest BCUT2D eigenvalue weighted by atomic mass is 32.1. The van der Waals surface area contributed by atoms with Gasteiger partial charge >= 0.3 is 12.3 Å². The molecule has 16 heavy (non-hydrogen) atoms. The molecule has 0 spiro atoms. The lowest BCUT2D eigenvalue weighted by atomic mass is 10.2. The molecule has 0 radical (unpaired) electrons. The second kappa shape index (κ2) is 5.60. The zero-order chi connectivity index (χ0) is 12.2. The van der Waals surface area contributed by atoms with Crippen molar-refractivity contribution in [2.75, 3.05) is 13.2 Å². The summed E-state index contributed by atoms with van der Waals surface area (Å²) in [7, 11) is 0. The van der Waals surface area contributed by atoms with Gasteiger partial charge in [-0.3, -0.25) is 0 Å². The molecule has 0 saturated heterocycles. The van der Waals surface area contributed by atoms with Gasteiger partial charge in [-0.25, -0.2) is 8.78 Å². The summed E-state index contributed by atoms with van der Waals surface area (Å²) in [6.45, 7) is -1.53. The van der Waals surface area contributed by atoms with Crippen molar-refractivity contribution in [3.05, 3.63) is 22.4 Å². The third kappa shape index (κ3) is 3.73. The van der Waals surface area contributed by atoms with Crippen molar-refractivity contribution in [2.45, 2.75) is 18.4 Å². The third-order valence-electron chi connectivity index (χ3n) is 1.88. The van der Waals surface area contributed by atoms with E-state index in [9.17, 15) is 17.6 Å². The zero-order valence-corrected chi connectivity index (χ0v) is 9.02. The molecular weight excluding hydrogens is 246 g/mol. The van der Waals surface area contributed by atoms with Crippen LogP contribution in [0.15, 0.2) is 16.8 Å². The molecule has 0 saturated carbocycles. The van der Waals surface area contributed by atoms with Gasteiger partial charge in [-0.2, -0.15) is 20.1 Å². The normalized spacial score (nSPS) is 14.4. The smallest absolute Gasteiger partial charge is 0.330 e. The maximum absolute atomic E-state index is 12.4. The molecular formula is C9H11F4NOS. The Morgan fingerprint density at radius 3 is 2.62 bits per heavy atom. The average Bonchev–Trinajstić information content (AvgIpc) is 2.69. The predicted molar refractivity (Wildman–Crippen MR) is 53.0 cm³/mol. The number of hydrogen-bond donors (Lipinski definition) is 1. The Kier molecular flexibility index (Phi) is 4.69. The number of nitrogens with two attached hydrogens (primary N) is 1. The molecule has 1 heterocycles. The third-order valence-corrected chi connectivity index (χ3v) is 2.58. The number of hydrogen-bond acceptors (Lipinski definition) is 3. The maximum Gasteiger partial charge on any atom is 0.330 e. The molecule has 0 aromatic carbocycles. The van der Waals surface area contributed by atoms with E-state index in [1.165, 1.54) is 11.3 Å². The van der Waals surface area contributed by atoms with Crippen LogP contribution in [0.1, 0.15) is 11.6 Å². The molecule has 92 valence electrons. The molecule has 2 nitrogen and oxygen atoms in total. The number of halogens is 4. The molecule has 2 N–H and O–H groups in total. The summed E-state index contributed by atoms with van der Waals surface area (Å²) in [5.74, 6) is -4.12. The monoisotopic (exact) mass is 257 g/mol. The molecule has 0 aliphatic rings. The van der Waals surface area contributed by atoms with Crippen molar-refractivity contribution in [1.29, 1.82) is 0 Å². The van der Waals surface area contributed by atoms with Crippen molar-refractivity contribution >= 4 is 11.3 Å². The molecule has 0 amide bonds. The highest BCUT2D eigenvalue weighted by Gasteiger charge is 2.41. The van der Waals surface area contributed by atoms with Gasteiger partial charge in [-0.05, 0) is 22.4 Å². The lowest BCUT2D eigenvalue weighted by molar-refractivity contribution is -0.166. The lowest BCUT2D eigenvalue weighted by Crippen LogP contribution is -2.33. The van der Waals surface area contributed by atoms with Gasteiger partial charge in [-0.15, -0.1) is 0 Å². The van der Waals surface area contributed by atoms with Crippen LogP contribution in [0.2, 0.25) is 0 Å². The van der Waals surface area contributed by atoms with Gasteiger partial charge in [0, 0.05) is 0 Å². The summed E-state index contributed by atoms with van der Waals surface area (Å²) in [6.07, 6.45) is -3.72. The molecule has 7 heteroatoms. The van der Waals surface area contributed by atoms with Crippen LogP contribution in [-0.4, -0.2) is 25.6 Å². The first-order valence-electron chi connectivity index (χ1n) is 4.45. The van der Waals surface area contributed by atoms with Crippen LogP contribution in [0.4, 0.5) is 17.6 Å². The van der Waals surface area contributed by atoms with Crippen LogP contribution in [-0.2, 0) is 4.74 Å². The minimum atomic E-state index is -4.12. The van der Waals surface area contributed by atoms with E-state index in [4.69, 9.17) is 5.73 Å². The fourth-order valence-electron chi connectivity index (χ4n) is 0.967. The Labute approximate surface area is 94.0 Å². The summed E-state index contributed by atoms with van der Waals surface area (Å²) in [5, 5.41) is 3.53. The van der Waals surface area contributed by atoms with Crippen LogP contribution < -0.4 is 5.73 Å². The number of thiophene rings is 1. The van der Waals surface area contributed by atoms with E-state index in [1.54, 1.807) is 16.8 Å². The second-order valence-corrected chi connectivity index (χ2v) is 4.02. The first-order valence-corrected chi connectivity index (χ1v) is 5.39. The summed E-state index contributed by atoms with van der Waals surface area (Å²) < 4.78 is 52.8. The molecule has 0 fully saturated rings. The fraction of sp³-hybridized carbons (Fsp3) is 0.556. The van der Waals surface area contributed by atoms with Crippen molar-refractivity contribution in [2.24, 2.45) is 5.73 Å². The molecule has 1 atom stereocenters. The van der Waals surface area contributed by atoms with Gasteiger partial charge < -0.3 is 10.5 Å². The minimum Gasteiger partial charge on any atom is -0.373 e. The predicted octanol–water partition coefficient (Wildman–Crippen LogP) is 2.66. The summed E-state index contributed by atoms with van der Waals surface area (Å²) in [6, 6.07) is 1.16. The van der Waals surface area contributed by atoms with Crippen molar-refractivity contribution in [3.63, 3.8) is 0 Å². The van der Waals surface area contributed by atoms with Gasteiger partial charge in [0.05, 0.1) is 12.6 Å². The van der Waals surface area contributed by atoms with Gasteiger partial charge in [0.25, 0.3) is 0 Å². The standard InChI is InChI=1S/C9H11F4NOS/c10-8(11)9(12,13)5-15-3-7(14)6-1-2-16-4-6/h1-2,4,7-8H,3,5,14H2. The van der Waals surface area contributed by atoms with Gasteiger partial charge in [0.1, 0.15) is 6.61 Å². The van der Waals surface area contributed by atoms with E-state index in [0.29, 0.717) is 0 Å². The topological polar surface area (TPSA) is 35.2 Å². The Morgan fingerprint density at radius 1 is 1.44 bits per heavy atom. The molecule has 1 rings (SSSR count). The van der Waals surface area contributed by atoms with Crippen LogP contribution in [0.25, 0.3) is 0 Å². The average molecular weight is 257 g/mol. The van der Waals surface area contributed by atoms with Gasteiger partial charge in [0.2, 0.25) is 0 Å². The van der Waals surface area contributed by atoms with Crippen LogP contribution in [0.3, 0.4) is 0 Å². The van der Waals surface area contributed by atoms with E-state index < -0.39 is 25.0 Å². The maximum atomic E-state index is 12.4. The lowest BCUT2D eigenvalue weighted by Gasteiger charge is -2.17. The number of rotatable bonds is 6. The molecule has 1 unspecified atom stereocenters. The van der Waals surface area contributed by atoms with E-state index >= 15 is 0 Å². The van der Waals surface area contributed by atoms with Crippen LogP contribution in [0, 0.1) is 0 Å². The van der Waals surface area contributed by atoms with E-state index in [0.717, 1.165) is 5.56 Å². The molecule has 0 aliphatic carbocycles. The minimum absolute atomic E-state index is 0.209.